The van der Waals surface area contributed by atoms with Gasteiger partial charge in [-0.05, 0) is 70.6 Å². The predicted molar refractivity (Wildman–Crippen MR) is 314 cm³/mol. The summed E-state index contributed by atoms with van der Waals surface area (Å²) in [4.78, 5) is 13.3. The van der Waals surface area contributed by atoms with E-state index >= 15 is 0 Å². The normalized spacial score (nSPS) is 30.3. The lowest BCUT2D eigenvalue weighted by Crippen LogP contribution is -2.66. The maximum Gasteiger partial charge on any atom is 0.220 e. The van der Waals surface area contributed by atoms with Crippen molar-refractivity contribution >= 4 is 5.91 Å². The van der Waals surface area contributed by atoms with Crippen LogP contribution in [-0.4, -0.2) is 193 Å². The fourth-order valence-corrected chi connectivity index (χ4v) is 9.65. The topological polar surface area (TPSA) is 307 Å². The van der Waals surface area contributed by atoms with E-state index in [9.17, 15) is 61.0 Å². The number of hydrogen-bond donors (Lipinski definition) is 12. The van der Waals surface area contributed by atoms with Crippen molar-refractivity contribution < 1.29 is 89.4 Å². The van der Waals surface area contributed by atoms with Crippen LogP contribution in [0.5, 0.6) is 0 Å². The maximum absolute atomic E-state index is 13.3. The van der Waals surface area contributed by atoms with E-state index in [-0.39, 0.29) is 18.9 Å². The molecule has 0 aromatic rings. The van der Waals surface area contributed by atoms with Gasteiger partial charge in [0, 0.05) is 6.42 Å². The summed E-state index contributed by atoms with van der Waals surface area (Å²) in [5.74, 6) is -0.338. The van der Waals surface area contributed by atoms with Gasteiger partial charge in [0.1, 0.15) is 73.2 Å². The number of nitrogens with one attached hydrogen (secondary N) is 1. The lowest BCUT2D eigenvalue weighted by atomic mass is 9.96. The van der Waals surface area contributed by atoms with Gasteiger partial charge in [0.05, 0.1) is 38.6 Å². The van der Waals surface area contributed by atoms with Crippen molar-refractivity contribution in [3.8, 4) is 0 Å². The van der Waals surface area contributed by atoms with Crippen molar-refractivity contribution in [3.05, 3.63) is 97.2 Å². The van der Waals surface area contributed by atoms with Crippen LogP contribution in [0.1, 0.15) is 162 Å². The smallest absolute Gasteiger partial charge is 0.220 e. The molecule has 3 aliphatic rings. The van der Waals surface area contributed by atoms with Gasteiger partial charge in [0.2, 0.25) is 5.91 Å². The van der Waals surface area contributed by atoms with E-state index in [1.165, 1.54) is 57.8 Å². The van der Waals surface area contributed by atoms with Crippen LogP contribution in [-0.2, 0) is 33.2 Å². The van der Waals surface area contributed by atoms with Crippen LogP contribution in [0.3, 0.4) is 0 Å². The summed E-state index contributed by atoms with van der Waals surface area (Å²) in [7, 11) is 0. The third-order valence-electron chi connectivity index (χ3n) is 14.6. The van der Waals surface area contributed by atoms with E-state index in [2.05, 4.69) is 98.2 Å². The molecule has 0 aromatic carbocycles. The van der Waals surface area contributed by atoms with Crippen LogP contribution in [0.25, 0.3) is 0 Å². The Morgan fingerprint density at radius 1 is 0.451 bits per heavy atom. The van der Waals surface area contributed by atoms with E-state index in [1.54, 1.807) is 6.08 Å². The highest BCUT2D eigenvalue weighted by atomic mass is 16.8. The van der Waals surface area contributed by atoms with Gasteiger partial charge < -0.3 is 89.9 Å². The van der Waals surface area contributed by atoms with Gasteiger partial charge in [-0.25, -0.2) is 0 Å². The van der Waals surface area contributed by atoms with Gasteiger partial charge in [-0.3, -0.25) is 4.79 Å². The molecule has 0 bridgehead atoms. The summed E-state index contributed by atoms with van der Waals surface area (Å²) in [6, 6.07) is -1.01. The number of aliphatic hydroxyl groups excluding tert-OH is 11. The number of carbonyl (C=O) groups is 1. The van der Waals surface area contributed by atoms with Crippen molar-refractivity contribution in [1.82, 2.24) is 5.32 Å². The first kappa shape index (κ1) is 73.0. The molecule has 3 heterocycles. The molecule has 19 nitrogen and oxygen atoms in total. The average molecular weight is 1160 g/mol. The van der Waals surface area contributed by atoms with Crippen molar-refractivity contribution in [2.24, 2.45) is 0 Å². The van der Waals surface area contributed by atoms with Gasteiger partial charge in [0.15, 0.2) is 18.9 Å². The monoisotopic (exact) mass is 1160 g/mol. The molecule has 0 aliphatic carbocycles. The van der Waals surface area contributed by atoms with E-state index in [1.807, 2.05) is 12.2 Å². The number of amides is 1. The zero-order chi connectivity index (χ0) is 59.7. The van der Waals surface area contributed by atoms with Gasteiger partial charge in [-0.2, -0.15) is 0 Å². The number of rotatable bonds is 43. The van der Waals surface area contributed by atoms with Crippen LogP contribution in [0.2, 0.25) is 0 Å². The zero-order valence-electron chi connectivity index (χ0n) is 48.9. The molecule has 3 aliphatic heterocycles. The lowest BCUT2D eigenvalue weighted by molar-refractivity contribution is -0.379. The number of aliphatic hydroxyl groups is 11. The fraction of sp³-hybridized carbons (Fsp3) is 0.730. The Kier molecular flexibility index (Phi) is 40.1. The first-order valence-electron chi connectivity index (χ1n) is 30.5. The molecule has 17 unspecified atom stereocenters. The molecule has 12 N–H and O–H groups in total. The minimum Gasteiger partial charge on any atom is -0.394 e. The van der Waals surface area contributed by atoms with E-state index in [0.29, 0.717) is 12.8 Å². The number of allylic oxidation sites excluding steroid dienone is 15. The van der Waals surface area contributed by atoms with Crippen molar-refractivity contribution in [1.29, 1.82) is 0 Å². The third kappa shape index (κ3) is 28.3. The summed E-state index contributed by atoms with van der Waals surface area (Å²) >= 11 is 0. The molecular weight excluding hydrogens is 1060 g/mol. The Morgan fingerprint density at radius 2 is 0.841 bits per heavy atom. The Morgan fingerprint density at radius 3 is 1.30 bits per heavy atom. The Bertz CT molecular complexity index is 1870. The highest BCUT2D eigenvalue weighted by Gasteiger charge is 2.53. The van der Waals surface area contributed by atoms with Crippen molar-refractivity contribution in [3.63, 3.8) is 0 Å². The maximum atomic E-state index is 13.3. The molecule has 3 saturated heterocycles. The first-order chi connectivity index (χ1) is 39.8. The molecule has 82 heavy (non-hydrogen) atoms. The van der Waals surface area contributed by atoms with Crippen LogP contribution in [0.4, 0.5) is 0 Å². The van der Waals surface area contributed by atoms with E-state index in [0.717, 1.165) is 70.6 Å². The molecule has 17 atom stereocenters. The highest BCUT2D eigenvalue weighted by Crippen LogP contribution is 2.33. The largest absolute Gasteiger partial charge is 0.394 e. The van der Waals surface area contributed by atoms with Crippen LogP contribution >= 0.6 is 0 Å². The predicted octanol–water partition coefficient (Wildman–Crippen LogP) is 5.76. The zero-order valence-corrected chi connectivity index (χ0v) is 48.9. The third-order valence-corrected chi connectivity index (χ3v) is 14.6. The number of hydrogen-bond acceptors (Lipinski definition) is 18. The van der Waals surface area contributed by atoms with Crippen LogP contribution in [0.15, 0.2) is 97.2 Å². The standard InChI is InChI=1S/C63H105NO18/c1-3-5-7-9-11-13-15-17-19-20-21-22-23-24-25-26-27-29-31-33-35-37-39-41-51(69)64-46(47(68)40-38-36-34-32-30-28-18-16-14-12-10-8-6-4-2)45-77-61-57(75)54(72)59(49(43-66)79-61)82-63-58(76)55(73)60(50(44-67)80-63)81-62-56(74)53(71)52(70)48(42-65)78-62/h5,7,11,13,17,19,21-22,24-25,27,29,33,35,38,40,46-50,52-63,65-68,70-76H,3-4,6,8-10,12,14-16,18,20,23,26,28,30-32,34,36-37,39,41-45H2,1-2H3,(H,64,69)/b7-5-,13-11-,19-17-,22-21-,25-24-,29-27-,35-33-,40-38+. The SMILES string of the molecule is CC/C=C\C/C=C\C/C=C\C/C=C\C/C=C\C/C=C\C/C=C\CCCC(=O)NC(COC1OC(CO)C(OC2OC(CO)C(OC3OC(CO)C(O)C(O)C3O)C(O)C2O)C(O)C1O)C(O)/C=C/CCCCCCCCCCCCCC. The summed E-state index contributed by atoms with van der Waals surface area (Å²) in [5.41, 5.74) is 0. The minimum atomic E-state index is -1.99. The lowest BCUT2D eigenvalue weighted by Gasteiger charge is -2.48. The first-order valence-corrected chi connectivity index (χ1v) is 30.5. The van der Waals surface area contributed by atoms with Gasteiger partial charge in [-0.15, -0.1) is 0 Å². The molecule has 0 spiro atoms. The van der Waals surface area contributed by atoms with E-state index in [4.69, 9.17) is 28.4 Å². The fourth-order valence-electron chi connectivity index (χ4n) is 9.65. The summed E-state index contributed by atoms with van der Waals surface area (Å²) < 4.78 is 34.2. The summed E-state index contributed by atoms with van der Waals surface area (Å²) in [6.07, 6.45) is 29.6. The minimum absolute atomic E-state index is 0.157. The number of ether oxygens (including phenoxy) is 6. The Balaban J connectivity index is 1.51. The number of unbranched alkanes of at least 4 members (excludes halogenated alkanes) is 13. The molecule has 0 aromatic heterocycles. The van der Waals surface area contributed by atoms with E-state index < -0.39 is 124 Å². The molecule has 1 amide bonds. The van der Waals surface area contributed by atoms with Crippen LogP contribution in [0, 0.1) is 0 Å². The average Bonchev–Trinajstić information content (AvgIpc) is 3.14. The molecule has 0 radical (unpaired) electrons. The highest BCUT2D eigenvalue weighted by molar-refractivity contribution is 5.76. The molecule has 0 saturated carbocycles. The molecule has 3 fully saturated rings. The molecule has 19 heteroatoms. The Labute approximate surface area is 488 Å². The quantitative estimate of drug-likeness (QED) is 0.0255. The summed E-state index contributed by atoms with van der Waals surface area (Å²) in [5, 5.41) is 120. The van der Waals surface area contributed by atoms with Gasteiger partial charge >= 0.3 is 0 Å². The second kappa shape index (κ2) is 45.1. The second-order valence-electron chi connectivity index (χ2n) is 21.4. The van der Waals surface area contributed by atoms with Crippen molar-refractivity contribution in [2.45, 2.75) is 266 Å². The summed E-state index contributed by atoms with van der Waals surface area (Å²) in [6.45, 7) is 1.53. The molecule has 3 rings (SSSR count). The second-order valence-corrected chi connectivity index (χ2v) is 21.4. The van der Waals surface area contributed by atoms with Crippen LogP contribution < -0.4 is 5.32 Å². The number of carbonyl (C=O) groups excluding carboxylic acids is 1. The molecular formula is C63H105NO18. The molecule has 470 valence electrons. The Hall–Kier alpha value is -3.29. The van der Waals surface area contributed by atoms with Gasteiger partial charge in [-0.1, -0.05) is 182 Å². The van der Waals surface area contributed by atoms with Crippen molar-refractivity contribution in [2.75, 3.05) is 26.4 Å². The van der Waals surface area contributed by atoms with Gasteiger partial charge in [0.25, 0.3) is 0 Å².